The standard InChI is InChI=1S/C11H9N5O/c12-6-7-1-2-8(5-9(7)13)16-4-3-10(15-16)11(14)17/h1-5H,13H2,(H2,14,17). The molecular formula is C11H9N5O. The van der Waals surface area contributed by atoms with E-state index in [1.54, 1.807) is 24.4 Å². The predicted octanol–water partition coefficient (Wildman–Crippen LogP) is 0.425. The Hall–Kier alpha value is -2.81. The van der Waals surface area contributed by atoms with E-state index in [2.05, 4.69) is 5.10 Å². The van der Waals surface area contributed by atoms with Gasteiger partial charge in [0, 0.05) is 6.20 Å². The number of carbonyl (C=O) groups excluding carboxylic acids is 1. The van der Waals surface area contributed by atoms with Gasteiger partial charge in [0.05, 0.1) is 16.9 Å². The van der Waals surface area contributed by atoms with Crippen LogP contribution in [0, 0.1) is 11.3 Å². The van der Waals surface area contributed by atoms with E-state index in [1.807, 2.05) is 6.07 Å². The molecule has 0 aliphatic heterocycles. The average Bonchev–Trinajstić information content (AvgIpc) is 2.78. The van der Waals surface area contributed by atoms with Gasteiger partial charge in [-0.1, -0.05) is 0 Å². The summed E-state index contributed by atoms with van der Waals surface area (Å²) in [4.78, 5) is 10.9. The van der Waals surface area contributed by atoms with E-state index in [0.717, 1.165) is 0 Å². The maximum Gasteiger partial charge on any atom is 0.269 e. The van der Waals surface area contributed by atoms with Crippen molar-refractivity contribution in [2.75, 3.05) is 5.73 Å². The van der Waals surface area contributed by atoms with Crippen molar-refractivity contribution in [2.24, 2.45) is 5.73 Å². The van der Waals surface area contributed by atoms with E-state index in [-0.39, 0.29) is 5.69 Å². The summed E-state index contributed by atoms with van der Waals surface area (Å²) >= 11 is 0. The molecule has 84 valence electrons. The van der Waals surface area contributed by atoms with Crippen molar-refractivity contribution in [1.82, 2.24) is 9.78 Å². The van der Waals surface area contributed by atoms with E-state index < -0.39 is 5.91 Å². The van der Waals surface area contributed by atoms with Gasteiger partial charge in [0.15, 0.2) is 0 Å². The lowest BCUT2D eigenvalue weighted by Gasteiger charge is -2.03. The zero-order valence-electron chi connectivity index (χ0n) is 8.79. The molecular weight excluding hydrogens is 218 g/mol. The van der Waals surface area contributed by atoms with Crippen LogP contribution in [0.4, 0.5) is 5.69 Å². The number of rotatable bonds is 2. The lowest BCUT2D eigenvalue weighted by molar-refractivity contribution is 0.0995. The third kappa shape index (κ3) is 1.94. The molecule has 0 bridgehead atoms. The molecule has 0 spiro atoms. The highest BCUT2D eigenvalue weighted by molar-refractivity contribution is 5.90. The van der Waals surface area contributed by atoms with Crippen LogP contribution >= 0.6 is 0 Å². The van der Waals surface area contributed by atoms with Crippen molar-refractivity contribution in [3.8, 4) is 11.8 Å². The van der Waals surface area contributed by atoms with Crippen LogP contribution < -0.4 is 11.5 Å². The minimum atomic E-state index is -0.592. The Bertz CT molecular complexity index is 623. The molecule has 6 nitrogen and oxygen atoms in total. The summed E-state index contributed by atoms with van der Waals surface area (Å²) in [5.74, 6) is -0.592. The largest absolute Gasteiger partial charge is 0.398 e. The van der Waals surface area contributed by atoms with Gasteiger partial charge < -0.3 is 11.5 Å². The van der Waals surface area contributed by atoms with Crippen LogP contribution in [0.15, 0.2) is 30.5 Å². The molecule has 0 aliphatic rings. The maximum absolute atomic E-state index is 10.9. The van der Waals surface area contributed by atoms with Crippen LogP contribution in [-0.2, 0) is 0 Å². The fraction of sp³-hybridized carbons (Fsp3) is 0. The summed E-state index contributed by atoms with van der Waals surface area (Å²) in [6, 6.07) is 8.37. The molecule has 0 saturated carbocycles. The summed E-state index contributed by atoms with van der Waals surface area (Å²) in [6.45, 7) is 0. The minimum absolute atomic E-state index is 0.174. The van der Waals surface area contributed by atoms with Crippen molar-refractivity contribution in [3.05, 3.63) is 41.7 Å². The highest BCUT2D eigenvalue weighted by Gasteiger charge is 2.07. The molecule has 0 aliphatic carbocycles. The van der Waals surface area contributed by atoms with E-state index in [9.17, 15) is 4.79 Å². The van der Waals surface area contributed by atoms with Gasteiger partial charge in [-0.15, -0.1) is 0 Å². The van der Waals surface area contributed by atoms with Gasteiger partial charge in [-0.3, -0.25) is 4.79 Å². The molecule has 2 aromatic rings. The fourth-order valence-electron chi connectivity index (χ4n) is 1.39. The summed E-state index contributed by atoms with van der Waals surface area (Å²) < 4.78 is 1.47. The number of nitrogens with two attached hydrogens (primary N) is 2. The molecule has 0 unspecified atom stereocenters. The molecule has 2 rings (SSSR count). The Morgan fingerprint density at radius 2 is 2.18 bits per heavy atom. The van der Waals surface area contributed by atoms with Crippen molar-refractivity contribution < 1.29 is 4.79 Å². The number of carbonyl (C=O) groups is 1. The van der Waals surface area contributed by atoms with Crippen molar-refractivity contribution in [1.29, 1.82) is 5.26 Å². The Balaban J connectivity index is 2.43. The number of anilines is 1. The number of benzene rings is 1. The summed E-state index contributed by atoms with van der Waals surface area (Å²) in [5.41, 5.74) is 12.4. The van der Waals surface area contributed by atoms with Gasteiger partial charge in [-0.05, 0) is 24.3 Å². The number of nitrogens with zero attached hydrogens (tertiary/aromatic N) is 3. The first kappa shape index (κ1) is 10.7. The van der Waals surface area contributed by atoms with Crippen LogP contribution in [0.2, 0.25) is 0 Å². The van der Waals surface area contributed by atoms with Gasteiger partial charge in [0.2, 0.25) is 0 Å². The Kier molecular flexibility index (Phi) is 2.51. The van der Waals surface area contributed by atoms with Gasteiger partial charge in [0.1, 0.15) is 11.8 Å². The van der Waals surface area contributed by atoms with Gasteiger partial charge >= 0.3 is 0 Å². The first-order valence-corrected chi connectivity index (χ1v) is 4.77. The first-order chi connectivity index (χ1) is 8.11. The Morgan fingerprint density at radius 1 is 1.41 bits per heavy atom. The molecule has 1 heterocycles. The molecule has 1 aromatic heterocycles. The van der Waals surface area contributed by atoms with Crippen molar-refractivity contribution in [2.45, 2.75) is 0 Å². The second-order valence-electron chi connectivity index (χ2n) is 3.39. The van der Waals surface area contributed by atoms with Crippen LogP contribution in [0.5, 0.6) is 0 Å². The second-order valence-corrected chi connectivity index (χ2v) is 3.39. The molecule has 0 atom stereocenters. The number of hydrogen-bond donors (Lipinski definition) is 2. The Labute approximate surface area is 97.1 Å². The third-order valence-electron chi connectivity index (χ3n) is 2.26. The normalized spacial score (nSPS) is 9.82. The average molecular weight is 227 g/mol. The molecule has 6 heteroatoms. The predicted molar refractivity (Wildman–Crippen MR) is 61.2 cm³/mol. The molecule has 1 aromatic carbocycles. The molecule has 0 fully saturated rings. The van der Waals surface area contributed by atoms with Crippen LogP contribution in [0.3, 0.4) is 0 Å². The minimum Gasteiger partial charge on any atom is -0.398 e. The zero-order valence-corrected chi connectivity index (χ0v) is 8.79. The van der Waals surface area contributed by atoms with Gasteiger partial charge in [-0.2, -0.15) is 10.4 Å². The lowest BCUT2D eigenvalue weighted by atomic mass is 10.2. The highest BCUT2D eigenvalue weighted by Crippen LogP contribution is 2.16. The molecule has 4 N–H and O–H groups in total. The first-order valence-electron chi connectivity index (χ1n) is 4.77. The summed E-state index contributed by atoms with van der Waals surface area (Å²) in [6.07, 6.45) is 1.60. The molecule has 17 heavy (non-hydrogen) atoms. The summed E-state index contributed by atoms with van der Waals surface area (Å²) in [5, 5.41) is 12.7. The quantitative estimate of drug-likeness (QED) is 0.724. The summed E-state index contributed by atoms with van der Waals surface area (Å²) in [7, 11) is 0. The SMILES string of the molecule is N#Cc1ccc(-n2ccc(C(N)=O)n2)cc1N. The third-order valence-corrected chi connectivity index (χ3v) is 2.26. The number of primary amides is 1. The monoisotopic (exact) mass is 227 g/mol. The smallest absolute Gasteiger partial charge is 0.269 e. The van der Waals surface area contributed by atoms with Crippen LogP contribution in [0.25, 0.3) is 5.69 Å². The van der Waals surface area contributed by atoms with Crippen molar-refractivity contribution >= 4 is 11.6 Å². The van der Waals surface area contributed by atoms with Crippen LogP contribution in [0.1, 0.15) is 16.1 Å². The lowest BCUT2D eigenvalue weighted by Crippen LogP contribution is -2.12. The van der Waals surface area contributed by atoms with E-state index >= 15 is 0 Å². The Morgan fingerprint density at radius 3 is 2.71 bits per heavy atom. The highest BCUT2D eigenvalue weighted by atomic mass is 16.1. The second kappa shape index (κ2) is 3.98. The van der Waals surface area contributed by atoms with Gasteiger partial charge in [-0.25, -0.2) is 4.68 Å². The number of nitriles is 1. The van der Waals surface area contributed by atoms with Crippen LogP contribution in [-0.4, -0.2) is 15.7 Å². The number of aromatic nitrogens is 2. The molecule has 0 radical (unpaired) electrons. The topological polar surface area (TPSA) is 111 Å². The maximum atomic E-state index is 10.9. The van der Waals surface area contributed by atoms with E-state index in [1.165, 1.54) is 10.7 Å². The van der Waals surface area contributed by atoms with E-state index in [0.29, 0.717) is 16.9 Å². The van der Waals surface area contributed by atoms with E-state index in [4.69, 9.17) is 16.7 Å². The zero-order chi connectivity index (χ0) is 12.4. The number of nitrogen functional groups attached to an aromatic ring is 1. The molecule has 0 saturated heterocycles. The molecule has 1 amide bonds. The number of hydrogen-bond acceptors (Lipinski definition) is 4. The number of amides is 1. The fourth-order valence-corrected chi connectivity index (χ4v) is 1.39. The van der Waals surface area contributed by atoms with Crippen molar-refractivity contribution in [3.63, 3.8) is 0 Å². The van der Waals surface area contributed by atoms with Gasteiger partial charge in [0.25, 0.3) is 5.91 Å².